The highest BCUT2D eigenvalue weighted by Crippen LogP contribution is 2.36. The minimum absolute atomic E-state index is 0.159. The molecule has 1 unspecified atom stereocenters. The van der Waals surface area contributed by atoms with Crippen molar-refractivity contribution >= 4 is 24.7 Å². The van der Waals surface area contributed by atoms with Crippen LogP contribution < -0.4 is 15.1 Å². The molecule has 3 aromatic carbocycles. The van der Waals surface area contributed by atoms with Gasteiger partial charge in [0.15, 0.2) is 5.60 Å². The van der Waals surface area contributed by atoms with Gasteiger partial charge < -0.3 is 19.0 Å². The quantitative estimate of drug-likeness (QED) is 0.288. The van der Waals surface area contributed by atoms with E-state index in [9.17, 15) is 9.90 Å². The lowest BCUT2D eigenvalue weighted by Gasteiger charge is -2.42. The average Bonchev–Trinajstić information content (AvgIpc) is 2.88. The molecular formula is C30H36O5Si. The molecule has 0 fully saturated rings. The molecule has 3 rings (SSSR count). The lowest BCUT2D eigenvalue weighted by molar-refractivity contribution is -0.158. The van der Waals surface area contributed by atoms with Crippen molar-refractivity contribution in [1.29, 1.82) is 0 Å². The van der Waals surface area contributed by atoms with E-state index in [1.165, 1.54) is 10.4 Å². The number of hydrogen-bond donors (Lipinski definition) is 1. The zero-order chi connectivity index (χ0) is 26.2. The first-order valence-corrected chi connectivity index (χ1v) is 14.0. The number of carboxylic acid groups (broad SMARTS) is 1. The van der Waals surface area contributed by atoms with Crippen LogP contribution in [0.3, 0.4) is 0 Å². The summed E-state index contributed by atoms with van der Waals surface area (Å²) < 4.78 is 17.8. The summed E-state index contributed by atoms with van der Waals surface area (Å²) in [4.78, 5) is 12.1. The van der Waals surface area contributed by atoms with Gasteiger partial charge in [-0.3, -0.25) is 0 Å². The number of rotatable bonds is 11. The van der Waals surface area contributed by atoms with Crippen LogP contribution in [0.5, 0.6) is 5.75 Å². The highest BCUT2D eigenvalue weighted by Gasteiger charge is 2.49. The van der Waals surface area contributed by atoms with Gasteiger partial charge >= 0.3 is 5.97 Å². The summed E-state index contributed by atoms with van der Waals surface area (Å²) in [6.07, 6.45) is 3.35. The Bertz CT molecular complexity index is 1100. The first-order chi connectivity index (χ1) is 17.1. The fourth-order valence-electron chi connectivity index (χ4n) is 4.34. The summed E-state index contributed by atoms with van der Waals surface area (Å²) in [6.45, 7) is 8.61. The zero-order valence-electron chi connectivity index (χ0n) is 21.7. The number of aliphatic carboxylic acids is 1. The van der Waals surface area contributed by atoms with Crippen molar-refractivity contribution in [3.63, 3.8) is 0 Å². The van der Waals surface area contributed by atoms with Crippen LogP contribution >= 0.6 is 0 Å². The van der Waals surface area contributed by atoms with Crippen molar-refractivity contribution < 1.29 is 23.8 Å². The van der Waals surface area contributed by atoms with Crippen LogP contribution in [-0.4, -0.2) is 38.7 Å². The molecule has 0 aliphatic rings. The van der Waals surface area contributed by atoms with E-state index in [0.29, 0.717) is 0 Å². The van der Waals surface area contributed by atoms with Gasteiger partial charge in [0.1, 0.15) is 5.75 Å². The molecule has 6 heteroatoms. The number of hydrogen-bond acceptors (Lipinski definition) is 4. The maximum absolute atomic E-state index is 12.1. The van der Waals surface area contributed by atoms with Gasteiger partial charge in [-0.05, 0) is 46.1 Å². The summed E-state index contributed by atoms with van der Waals surface area (Å²) in [5.41, 5.74) is -0.630. The molecule has 1 N–H and O–H groups in total. The minimum Gasteiger partial charge on any atom is -0.497 e. The Labute approximate surface area is 215 Å². The molecule has 36 heavy (non-hydrogen) atoms. The van der Waals surface area contributed by atoms with E-state index >= 15 is 0 Å². The molecule has 3 aromatic rings. The second kappa shape index (κ2) is 11.7. The largest absolute Gasteiger partial charge is 0.497 e. The third-order valence-corrected chi connectivity index (χ3v) is 11.4. The Morgan fingerprint density at radius 1 is 0.861 bits per heavy atom. The number of methoxy groups -OCH3 is 1. The van der Waals surface area contributed by atoms with Crippen molar-refractivity contribution in [3.8, 4) is 5.75 Å². The summed E-state index contributed by atoms with van der Waals surface area (Å²) in [5.74, 6) is -0.321. The predicted molar refractivity (Wildman–Crippen MR) is 147 cm³/mol. The molecule has 0 amide bonds. The monoisotopic (exact) mass is 504 g/mol. The molecule has 0 bridgehead atoms. The first-order valence-electron chi connectivity index (χ1n) is 12.1. The molecule has 0 heterocycles. The van der Waals surface area contributed by atoms with E-state index in [1.807, 2.05) is 60.7 Å². The van der Waals surface area contributed by atoms with Crippen molar-refractivity contribution in [3.05, 3.63) is 103 Å². The molecule has 1 atom stereocenters. The Balaban J connectivity index is 1.83. The van der Waals surface area contributed by atoms with Crippen molar-refractivity contribution in [2.24, 2.45) is 0 Å². The van der Waals surface area contributed by atoms with E-state index in [2.05, 4.69) is 45.0 Å². The van der Waals surface area contributed by atoms with E-state index in [0.717, 1.165) is 11.3 Å². The Hall–Kier alpha value is -3.19. The fraction of sp³-hybridized carbons (Fsp3) is 0.300. The maximum Gasteiger partial charge on any atom is 0.339 e. The van der Waals surface area contributed by atoms with Crippen LogP contribution in [0, 0.1) is 0 Å². The van der Waals surface area contributed by atoms with Gasteiger partial charge in [-0.1, -0.05) is 99.6 Å². The van der Waals surface area contributed by atoms with Crippen LogP contribution in [0.1, 0.15) is 33.3 Å². The standard InChI is InChI=1S/C30H36O5Si/c1-29(2,3)36(26-13-8-6-9-14-26,27-15-10-7-11-16-27)35-22-12-21-30(4,28(31)32)34-23-24-17-19-25(33-5)20-18-24/h6-21H,22-23H2,1-5H3,(H,31,32)/b21-12+. The van der Waals surface area contributed by atoms with Gasteiger partial charge in [0.2, 0.25) is 0 Å². The van der Waals surface area contributed by atoms with Crippen LogP contribution in [0.25, 0.3) is 0 Å². The lowest BCUT2D eigenvalue weighted by Crippen LogP contribution is -2.66. The number of carboxylic acids is 1. The predicted octanol–water partition coefficient (Wildman–Crippen LogP) is 5.19. The third-order valence-electron chi connectivity index (χ3n) is 6.37. The molecule has 0 aliphatic carbocycles. The molecule has 190 valence electrons. The van der Waals surface area contributed by atoms with Gasteiger partial charge in [0, 0.05) is 0 Å². The molecule has 0 aliphatic heterocycles. The van der Waals surface area contributed by atoms with Gasteiger partial charge in [0.05, 0.1) is 20.3 Å². The zero-order valence-corrected chi connectivity index (χ0v) is 22.7. The van der Waals surface area contributed by atoms with Gasteiger partial charge in [-0.2, -0.15) is 0 Å². The third kappa shape index (κ3) is 6.13. The Kier molecular flexibility index (Phi) is 8.90. The van der Waals surface area contributed by atoms with Crippen LogP contribution in [0.15, 0.2) is 97.1 Å². The first kappa shape index (κ1) is 27.4. The Morgan fingerprint density at radius 3 is 1.83 bits per heavy atom. The minimum atomic E-state index is -2.70. The summed E-state index contributed by atoms with van der Waals surface area (Å²) in [6, 6.07) is 28.1. The molecular weight excluding hydrogens is 468 g/mol. The molecule has 5 nitrogen and oxygen atoms in total. The summed E-state index contributed by atoms with van der Waals surface area (Å²) in [7, 11) is -1.10. The highest BCUT2D eigenvalue weighted by atomic mass is 28.4. The van der Waals surface area contributed by atoms with Crippen molar-refractivity contribution in [2.75, 3.05) is 13.7 Å². The van der Waals surface area contributed by atoms with Gasteiger partial charge in [0.25, 0.3) is 8.32 Å². The number of carbonyl (C=O) groups is 1. The molecule has 0 radical (unpaired) electrons. The average molecular weight is 505 g/mol. The topological polar surface area (TPSA) is 65.0 Å². The smallest absolute Gasteiger partial charge is 0.339 e. The van der Waals surface area contributed by atoms with Crippen molar-refractivity contribution in [2.45, 2.75) is 44.9 Å². The van der Waals surface area contributed by atoms with Crippen LogP contribution in [-0.2, 0) is 20.6 Å². The van der Waals surface area contributed by atoms with E-state index in [1.54, 1.807) is 26.2 Å². The molecule has 0 saturated carbocycles. The highest BCUT2D eigenvalue weighted by molar-refractivity contribution is 6.99. The summed E-state index contributed by atoms with van der Waals surface area (Å²) >= 11 is 0. The van der Waals surface area contributed by atoms with E-state index < -0.39 is 19.9 Å². The van der Waals surface area contributed by atoms with Crippen LogP contribution in [0.2, 0.25) is 5.04 Å². The van der Waals surface area contributed by atoms with Gasteiger partial charge in [-0.25, -0.2) is 4.79 Å². The summed E-state index contributed by atoms with van der Waals surface area (Å²) in [5, 5.41) is 12.1. The Morgan fingerprint density at radius 2 is 1.39 bits per heavy atom. The van der Waals surface area contributed by atoms with Crippen LogP contribution in [0.4, 0.5) is 0 Å². The van der Waals surface area contributed by atoms with Crippen molar-refractivity contribution in [1.82, 2.24) is 0 Å². The maximum atomic E-state index is 12.1. The second-order valence-corrected chi connectivity index (χ2v) is 14.2. The van der Waals surface area contributed by atoms with E-state index in [-0.39, 0.29) is 18.3 Å². The number of ether oxygens (including phenoxy) is 2. The molecule has 0 spiro atoms. The SMILES string of the molecule is COc1ccc(COC(C)(/C=C/CO[Si](c2ccccc2)(c2ccccc2)C(C)(C)C)C(=O)O)cc1. The fourth-order valence-corrected chi connectivity index (χ4v) is 8.85. The lowest BCUT2D eigenvalue weighted by atomic mass is 10.1. The molecule has 0 aromatic heterocycles. The van der Waals surface area contributed by atoms with E-state index in [4.69, 9.17) is 13.9 Å². The van der Waals surface area contributed by atoms with Gasteiger partial charge in [-0.15, -0.1) is 0 Å². The second-order valence-electron chi connectivity index (χ2n) is 9.93. The molecule has 0 saturated heterocycles. The normalized spacial score (nSPS) is 13.9. The number of benzene rings is 3.